The third kappa shape index (κ3) is 3.67. The Morgan fingerprint density at radius 2 is 2.16 bits per heavy atom. The van der Waals surface area contributed by atoms with Gasteiger partial charge in [-0.05, 0) is 30.7 Å². The molecule has 1 heterocycles. The van der Waals surface area contributed by atoms with Gasteiger partial charge < -0.3 is 15.4 Å². The van der Waals surface area contributed by atoms with Crippen LogP contribution in [0.4, 0.5) is 0 Å². The molecule has 0 aliphatic carbocycles. The largest absolute Gasteiger partial charge is 0.383 e. The number of rotatable bonds is 5. The van der Waals surface area contributed by atoms with E-state index in [9.17, 15) is 5.11 Å². The summed E-state index contributed by atoms with van der Waals surface area (Å²) < 4.78 is 4.98. The molecular weight excluding hydrogens is 289 g/mol. The van der Waals surface area contributed by atoms with E-state index < -0.39 is 6.10 Å². The Morgan fingerprint density at radius 3 is 2.84 bits per heavy atom. The zero-order valence-electron chi connectivity index (χ0n) is 10.0. The highest BCUT2D eigenvalue weighted by molar-refractivity contribution is 6.35. The zero-order valence-corrected chi connectivity index (χ0v) is 11.5. The third-order valence-electron chi connectivity index (χ3n) is 2.57. The summed E-state index contributed by atoms with van der Waals surface area (Å²) >= 11 is 11.9. The molecule has 0 saturated carbocycles. The predicted molar refractivity (Wildman–Crippen MR) is 72.2 cm³/mol. The van der Waals surface area contributed by atoms with Crippen LogP contribution in [-0.4, -0.2) is 21.8 Å². The summed E-state index contributed by atoms with van der Waals surface area (Å²) in [5.74, 6) is 0.626. The molecule has 0 aliphatic heterocycles. The van der Waals surface area contributed by atoms with Gasteiger partial charge in [0.05, 0.1) is 0 Å². The molecule has 1 aromatic carbocycles. The molecule has 2 aromatic rings. The van der Waals surface area contributed by atoms with Crippen LogP contribution in [0.1, 0.15) is 29.8 Å². The number of nitrogens with two attached hydrogens (primary N) is 1. The van der Waals surface area contributed by atoms with Gasteiger partial charge in [-0.25, -0.2) is 0 Å². The number of halogens is 2. The van der Waals surface area contributed by atoms with Gasteiger partial charge in [0.2, 0.25) is 0 Å². The molecule has 0 fully saturated rings. The molecule has 0 unspecified atom stereocenters. The molecule has 0 bridgehead atoms. The van der Waals surface area contributed by atoms with Gasteiger partial charge in [0, 0.05) is 16.5 Å². The molecule has 3 N–H and O–H groups in total. The van der Waals surface area contributed by atoms with Crippen LogP contribution in [0.25, 0.3) is 0 Å². The van der Waals surface area contributed by atoms with Crippen molar-refractivity contribution in [2.75, 3.05) is 6.54 Å². The number of aromatic nitrogens is 2. The van der Waals surface area contributed by atoms with E-state index in [1.807, 2.05) is 0 Å². The Morgan fingerprint density at radius 1 is 1.37 bits per heavy atom. The summed E-state index contributed by atoms with van der Waals surface area (Å²) in [5, 5.41) is 14.6. The summed E-state index contributed by atoms with van der Waals surface area (Å²) in [6, 6.07) is 5.20. The van der Waals surface area contributed by atoms with Crippen molar-refractivity contribution >= 4 is 23.2 Å². The van der Waals surface area contributed by atoms with E-state index >= 15 is 0 Å². The molecule has 0 saturated heterocycles. The zero-order chi connectivity index (χ0) is 13.8. The second-order valence-electron chi connectivity index (χ2n) is 4.05. The normalized spacial score (nSPS) is 12.6. The molecule has 0 aliphatic rings. The Labute approximate surface area is 120 Å². The highest BCUT2D eigenvalue weighted by Gasteiger charge is 2.16. The molecule has 1 atom stereocenters. The highest BCUT2D eigenvalue weighted by atomic mass is 35.5. The van der Waals surface area contributed by atoms with Crippen LogP contribution in [0.3, 0.4) is 0 Å². The number of hydrogen-bond donors (Lipinski definition) is 2. The summed E-state index contributed by atoms with van der Waals surface area (Å²) in [7, 11) is 0. The lowest BCUT2D eigenvalue weighted by molar-refractivity contribution is 0.127. The lowest BCUT2D eigenvalue weighted by atomic mass is 10.1. The maximum absolute atomic E-state index is 9.67. The first-order valence-corrected chi connectivity index (χ1v) is 6.50. The van der Waals surface area contributed by atoms with E-state index in [0.717, 1.165) is 5.56 Å². The lowest BCUT2D eigenvalue weighted by Crippen LogP contribution is -2.07. The van der Waals surface area contributed by atoms with Crippen molar-refractivity contribution in [2.24, 2.45) is 5.73 Å². The highest BCUT2D eigenvalue weighted by Crippen LogP contribution is 2.23. The summed E-state index contributed by atoms with van der Waals surface area (Å²) in [6.07, 6.45) is -0.0370. The number of hydrogen-bond acceptors (Lipinski definition) is 5. The molecule has 0 radical (unpaired) electrons. The van der Waals surface area contributed by atoms with Gasteiger partial charge >= 0.3 is 0 Å². The summed E-state index contributed by atoms with van der Waals surface area (Å²) in [4.78, 5) is 4.11. The SMILES string of the molecule is NCC[C@H](O)c1nc(Cc2ccc(Cl)cc2Cl)no1. The van der Waals surface area contributed by atoms with Crippen LogP contribution in [0, 0.1) is 0 Å². The van der Waals surface area contributed by atoms with Gasteiger partial charge in [-0.2, -0.15) is 4.98 Å². The third-order valence-corrected chi connectivity index (χ3v) is 3.16. The van der Waals surface area contributed by atoms with Crippen molar-refractivity contribution in [1.29, 1.82) is 0 Å². The van der Waals surface area contributed by atoms with Crippen molar-refractivity contribution in [1.82, 2.24) is 10.1 Å². The Kier molecular flexibility index (Phi) is 4.76. The molecule has 0 spiro atoms. The van der Waals surface area contributed by atoms with Crippen molar-refractivity contribution in [3.8, 4) is 0 Å². The van der Waals surface area contributed by atoms with Crippen LogP contribution < -0.4 is 5.73 Å². The van der Waals surface area contributed by atoms with Gasteiger partial charge in [0.1, 0.15) is 6.10 Å². The molecule has 102 valence electrons. The maximum atomic E-state index is 9.67. The molecule has 7 heteroatoms. The maximum Gasteiger partial charge on any atom is 0.255 e. The predicted octanol–water partition coefficient (Wildman–Crippen LogP) is 2.35. The van der Waals surface area contributed by atoms with Crippen molar-refractivity contribution in [3.05, 3.63) is 45.5 Å². The molecule has 1 aromatic heterocycles. The second kappa shape index (κ2) is 6.34. The Hall–Kier alpha value is -1.14. The molecule has 2 rings (SSSR count). The Balaban J connectivity index is 2.11. The van der Waals surface area contributed by atoms with Gasteiger partial charge in [0.25, 0.3) is 5.89 Å². The monoisotopic (exact) mass is 301 g/mol. The van der Waals surface area contributed by atoms with E-state index in [1.54, 1.807) is 18.2 Å². The van der Waals surface area contributed by atoms with E-state index in [4.69, 9.17) is 33.5 Å². The number of aliphatic hydroxyl groups is 1. The van der Waals surface area contributed by atoms with E-state index in [-0.39, 0.29) is 5.89 Å². The first-order chi connectivity index (χ1) is 9.10. The summed E-state index contributed by atoms with van der Waals surface area (Å²) in [6.45, 7) is 0.349. The number of nitrogens with zero attached hydrogens (tertiary/aromatic N) is 2. The van der Waals surface area contributed by atoms with Gasteiger partial charge in [0.15, 0.2) is 5.82 Å². The molecule has 5 nitrogen and oxygen atoms in total. The van der Waals surface area contributed by atoms with Crippen molar-refractivity contribution in [3.63, 3.8) is 0 Å². The van der Waals surface area contributed by atoms with E-state index in [2.05, 4.69) is 10.1 Å². The molecule has 19 heavy (non-hydrogen) atoms. The minimum absolute atomic E-state index is 0.172. The molecular formula is C12H13Cl2N3O2. The molecule has 0 amide bonds. The number of benzene rings is 1. The quantitative estimate of drug-likeness (QED) is 0.885. The van der Waals surface area contributed by atoms with Crippen LogP contribution >= 0.6 is 23.2 Å². The first kappa shape index (κ1) is 14.3. The van der Waals surface area contributed by atoms with E-state index in [0.29, 0.717) is 35.3 Å². The number of aliphatic hydroxyl groups excluding tert-OH is 1. The fraction of sp³-hybridized carbons (Fsp3) is 0.333. The minimum Gasteiger partial charge on any atom is -0.383 e. The smallest absolute Gasteiger partial charge is 0.255 e. The first-order valence-electron chi connectivity index (χ1n) is 5.74. The minimum atomic E-state index is -0.827. The average molecular weight is 302 g/mol. The van der Waals surface area contributed by atoms with Crippen LogP contribution in [0.15, 0.2) is 22.7 Å². The van der Waals surface area contributed by atoms with Crippen LogP contribution in [0.2, 0.25) is 10.0 Å². The second-order valence-corrected chi connectivity index (χ2v) is 4.90. The van der Waals surface area contributed by atoms with Gasteiger partial charge in [-0.3, -0.25) is 0 Å². The Bertz CT molecular complexity index is 560. The van der Waals surface area contributed by atoms with Gasteiger partial charge in [-0.15, -0.1) is 0 Å². The average Bonchev–Trinajstić information content (AvgIpc) is 2.82. The van der Waals surface area contributed by atoms with Crippen molar-refractivity contribution < 1.29 is 9.63 Å². The van der Waals surface area contributed by atoms with Crippen LogP contribution in [0.5, 0.6) is 0 Å². The fourth-order valence-corrected chi connectivity index (χ4v) is 2.07. The fourth-order valence-electron chi connectivity index (χ4n) is 1.59. The van der Waals surface area contributed by atoms with Crippen molar-refractivity contribution in [2.45, 2.75) is 18.9 Å². The van der Waals surface area contributed by atoms with Gasteiger partial charge in [-0.1, -0.05) is 34.4 Å². The standard InChI is InChI=1S/C12H13Cl2N3O2/c13-8-2-1-7(9(14)6-8)5-11-16-12(19-17-11)10(18)3-4-15/h1-2,6,10,18H,3-5,15H2/t10-/m0/s1. The summed E-state index contributed by atoms with van der Waals surface area (Å²) in [5.41, 5.74) is 6.19. The topological polar surface area (TPSA) is 85.2 Å². The van der Waals surface area contributed by atoms with E-state index in [1.165, 1.54) is 0 Å². The van der Waals surface area contributed by atoms with Crippen LogP contribution in [-0.2, 0) is 6.42 Å². The lowest BCUT2D eigenvalue weighted by Gasteiger charge is -2.02.